The van der Waals surface area contributed by atoms with Gasteiger partial charge in [0.05, 0.1) is 64.6 Å². The van der Waals surface area contributed by atoms with Crippen LogP contribution in [0.1, 0.15) is 35.7 Å². The predicted molar refractivity (Wildman–Crippen MR) is 193 cm³/mol. The minimum Gasteiger partial charge on any atom is -0.507 e. The van der Waals surface area contributed by atoms with Gasteiger partial charge in [-0.2, -0.15) is 0 Å². The van der Waals surface area contributed by atoms with E-state index >= 15 is 0 Å². The van der Waals surface area contributed by atoms with Crippen LogP contribution in [0.2, 0.25) is 0 Å². The Bertz CT molecular complexity index is 1690. The molecule has 4 unspecified atom stereocenters. The lowest BCUT2D eigenvalue weighted by molar-refractivity contribution is -0.136. The van der Waals surface area contributed by atoms with Crippen LogP contribution < -0.4 is 31.5 Å². The number of para-hydroxylation sites is 1. The van der Waals surface area contributed by atoms with Crippen LogP contribution in [0.25, 0.3) is 0 Å². The SMILES string of the molecule is C[C@@H](O)[C@H](NC(=O)CC(O)CC(OC(=O)c1ccccc1O)C(N)CO)C(=O)N[C@H](CO)C(=O)N[C@@H](CO)C(=O)NC1Cc2cc(O)c(O)cc2[N+](C)(C)C1. The fourth-order valence-electron chi connectivity index (χ4n) is 6.11. The molecule has 55 heavy (non-hydrogen) atoms. The number of carbonyl (C=O) groups excluding carboxylic acids is 5. The second-order valence-electron chi connectivity index (χ2n) is 13.9. The van der Waals surface area contributed by atoms with E-state index in [1.165, 1.54) is 36.4 Å². The van der Waals surface area contributed by atoms with Gasteiger partial charge in [-0.1, -0.05) is 12.1 Å². The van der Waals surface area contributed by atoms with Crippen molar-refractivity contribution < 1.29 is 69.6 Å². The number of likely N-dealkylation sites (N-methyl/N-ethyl adjacent to an activating group) is 1. The molecule has 0 spiro atoms. The van der Waals surface area contributed by atoms with E-state index in [1.54, 1.807) is 0 Å². The Hall–Kier alpha value is -5.09. The van der Waals surface area contributed by atoms with Crippen LogP contribution in [0.3, 0.4) is 0 Å². The van der Waals surface area contributed by atoms with Gasteiger partial charge in [0.2, 0.25) is 23.6 Å². The molecule has 4 amide bonds. The van der Waals surface area contributed by atoms with Crippen molar-refractivity contribution in [1.82, 2.24) is 25.8 Å². The number of hydrogen-bond donors (Lipinski definition) is 13. The number of phenolic OH excluding ortho intramolecular Hbond substituents is 3. The van der Waals surface area contributed by atoms with Crippen LogP contribution in [0, 0.1) is 0 Å². The van der Waals surface area contributed by atoms with E-state index in [2.05, 4.69) is 21.3 Å². The number of aliphatic hydroxyl groups excluding tert-OH is 5. The topological polar surface area (TPSA) is 331 Å². The number of esters is 1. The molecule has 14 N–H and O–H groups in total. The molecule has 0 bridgehead atoms. The Morgan fingerprint density at radius 3 is 2.05 bits per heavy atom. The van der Waals surface area contributed by atoms with Gasteiger partial charge in [-0.05, 0) is 25.1 Å². The number of nitrogens with two attached hydrogens (primary N) is 1. The summed E-state index contributed by atoms with van der Waals surface area (Å²) in [5, 5.41) is 89.5. The summed E-state index contributed by atoms with van der Waals surface area (Å²) in [5.74, 6) is -6.02. The third-order valence-electron chi connectivity index (χ3n) is 9.03. The fraction of sp³-hybridized carbons (Fsp3) is 0.514. The lowest BCUT2D eigenvalue weighted by Gasteiger charge is -2.39. The molecule has 0 aliphatic carbocycles. The molecule has 3 rings (SSSR count). The molecule has 8 atom stereocenters. The van der Waals surface area contributed by atoms with Crippen LogP contribution in [0.5, 0.6) is 17.2 Å². The van der Waals surface area contributed by atoms with Gasteiger partial charge in [0, 0.05) is 24.5 Å². The normalized spacial score (nSPS) is 18.5. The molecule has 20 heteroatoms. The summed E-state index contributed by atoms with van der Waals surface area (Å²) in [6, 6.07) is 1.60. The average molecular weight is 780 g/mol. The minimum atomic E-state index is -1.72. The Labute approximate surface area is 316 Å². The van der Waals surface area contributed by atoms with Crippen LogP contribution in [-0.4, -0.2) is 159 Å². The zero-order valence-corrected chi connectivity index (χ0v) is 30.6. The van der Waals surface area contributed by atoms with Crippen molar-refractivity contribution in [3.63, 3.8) is 0 Å². The number of aliphatic hydroxyl groups is 5. The number of hydrogen-bond acceptors (Lipinski definition) is 15. The molecule has 2 aromatic rings. The first-order valence-electron chi connectivity index (χ1n) is 17.3. The van der Waals surface area contributed by atoms with Gasteiger partial charge in [0.1, 0.15) is 47.8 Å². The van der Waals surface area contributed by atoms with E-state index in [4.69, 9.17) is 10.5 Å². The Balaban J connectivity index is 1.58. The third kappa shape index (κ3) is 11.9. The lowest BCUT2D eigenvalue weighted by Crippen LogP contribution is -2.62. The molecule has 1 aliphatic rings. The van der Waals surface area contributed by atoms with E-state index in [1.807, 2.05) is 14.1 Å². The molecule has 0 fully saturated rings. The fourth-order valence-corrected chi connectivity index (χ4v) is 6.11. The van der Waals surface area contributed by atoms with Gasteiger partial charge >= 0.3 is 5.97 Å². The number of benzene rings is 2. The second kappa shape index (κ2) is 19.5. The molecule has 20 nitrogen and oxygen atoms in total. The Morgan fingerprint density at radius 2 is 1.45 bits per heavy atom. The summed E-state index contributed by atoms with van der Waals surface area (Å²) >= 11 is 0. The molecule has 0 saturated carbocycles. The summed E-state index contributed by atoms with van der Waals surface area (Å²) in [7, 11) is 3.64. The standard InChI is InChI=1S/C35H50N6O14/c1-17(45)31(40-30(50)11-20(46)10-29(22(36)14-42)55-35(54)21-6-4-5-7-26(21)47)34(53)39-24(16-44)33(52)38-23(15-43)32(51)37-19-8-18-9-27(48)28(49)12-25(18)41(2,3)13-19/h4-7,9,12,17,19-20,22-24,29,31,42-46H,8,10-11,13-16,36H2,1-3H3,(H6-,37,38,39,40,47,48,49,50,51,52,53,54)/p+1/t17-,19?,20?,22?,23+,24-,29?,31+/m1/s1. The number of nitrogens with zero attached hydrogens (tertiary/aromatic N) is 1. The number of fused-ring (bicyclic) bond motifs is 1. The number of aromatic hydroxyl groups is 3. The van der Waals surface area contributed by atoms with Gasteiger partial charge in [0.15, 0.2) is 11.5 Å². The molecule has 1 heterocycles. The number of phenols is 3. The highest BCUT2D eigenvalue weighted by atomic mass is 16.5. The maximum absolute atomic E-state index is 13.1. The molecule has 1 aliphatic heterocycles. The summed E-state index contributed by atoms with van der Waals surface area (Å²) in [4.78, 5) is 64.7. The van der Waals surface area contributed by atoms with E-state index in [0.29, 0.717) is 12.1 Å². The number of ether oxygens (including phenoxy) is 1. The Kier molecular flexibility index (Phi) is 15.7. The first kappa shape index (κ1) is 44.3. The number of amides is 4. The molecule has 0 saturated heterocycles. The van der Waals surface area contributed by atoms with Crippen LogP contribution in [-0.2, 0) is 30.3 Å². The lowest BCUT2D eigenvalue weighted by atomic mass is 9.95. The smallest absolute Gasteiger partial charge is 0.342 e. The summed E-state index contributed by atoms with van der Waals surface area (Å²) in [6.07, 6.45) is -5.34. The number of nitrogens with one attached hydrogen (secondary N) is 4. The molecular weight excluding hydrogens is 728 g/mol. The summed E-state index contributed by atoms with van der Waals surface area (Å²) in [5.41, 5.74) is 7.01. The molecule has 0 aromatic heterocycles. The summed E-state index contributed by atoms with van der Waals surface area (Å²) < 4.78 is 5.50. The zero-order chi connectivity index (χ0) is 41.2. The van der Waals surface area contributed by atoms with Gasteiger partial charge in [0.25, 0.3) is 0 Å². The van der Waals surface area contributed by atoms with Crippen molar-refractivity contribution in [3.05, 3.63) is 47.5 Å². The number of carbonyl (C=O) groups is 5. The monoisotopic (exact) mass is 779 g/mol. The summed E-state index contributed by atoms with van der Waals surface area (Å²) in [6.45, 7) is -1.05. The highest BCUT2D eigenvalue weighted by Gasteiger charge is 2.37. The van der Waals surface area contributed by atoms with E-state index in [9.17, 15) is 64.8 Å². The van der Waals surface area contributed by atoms with Crippen molar-refractivity contribution in [2.45, 2.75) is 74.7 Å². The quantitative estimate of drug-likeness (QED) is 0.0389. The molecule has 2 aromatic carbocycles. The predicted octanol–water partition coefficient (Wildman–Crippen LogP) is -4.08. The Morgan fingerprint density at radius 1 is 0.855 bits per heavy atom. The van der Waals surface area contributed by atoms with Crippen molar-refractivity contribution in [2.24, 2.45) is 5.73 Å². The van der Waals surface area contributed by atoms with E-state index in [0.717, 1.165) is 12.6 Å². The first-order valence-corrected chi connectivity index (χ1v) is 17.3. The zero-order valence-electron chi connectivity index (χ0n) is 30.6. The van der Waals surface area contributed by atoms with E-state index in [-0.39, 0.29) is 33.7 Å². The molecule has 0 radical (unpaired) electrons. The van der Waals surface area contributed by atoms with Crippen LogP contribution in [0.15, 0.2) is 36.4 Å². The van der Waals surface area contributed by atoms with Crippen molar-refractivity contribution >= 4 is 35.3 Å². The minimum absolute atomic E-state index is 0.208. The largest absolute Gasteiger partial charge is 0.507 e. The van der Waals surface area contributed by atoms with Gasteiger partial charge < -0.3 is 72.6 Å². The maximum Gasteiger partial charge on any atom is 0.342 e. The highest BCUT2D eigenvalue weighted by molar-refractivity contribution is 5.95. The number of rotatable bonds is 18. The maximum atomic E-state index is 13.1. The molecule has 304 valence electrons. The van der Waals surface area contributed by atoms with Gasteiger partial charge in [-0.25, -0.2) is 4.79 Å². The highest BCUT2D eigenvalue weighted by Crippen LogP contribution is 2.38. The van der Waals surface area contributed by atoms with Gasteiger partial charge in [-0.3, -0.25) is 23.7 Å². The van der Waals surface area contributed by atoms with Crippen LogP contribution in [0.4, 0.5) is 5.69 Å². The molecular formula is C35H51N6O14+. The second-order valence-corrected chi connectivity index (χ2v) is 13.9. The first-order chi connectivity index (χ1) is 25.8. The third-order valence-corrected chi connectivity index (χ3v) is 9.03. The average Bonchev–Trinajstić information content (AvgIpc) is 3.11. The van der Waals surface area contributed by atoms with Crippen molar-refractivity contribution in [2.75, 3.05) is 40.5 Å². The van der Waals surface area contributed by atoms with Crippen molar-refractivity contribution in [1.29, 1.82) is 0 Å². The van der Waals surface area contributed by atoms with Gasteiger partial charge in [-0.15, -0.1) is 0 Å². The van der Waals surface area contributed by atoms with Crippen molar-refractivity contribution in [3.8, 4) is 17.2 Å². The van der Waals surface area contributed by atoms with Crippen LogP contribution >= 0.6 is 0 Å². The number of quaternary nitrogens is 1. The van der Waals surface area contributed by atoms with E-state index < -0.39 is 111 Å².